The number of nitrogens with zero attached hydrogens (tertiary/aromatic N) is 4. The first-order valence-electron chi connectivity index (χ1n) is 13.0. The van der Waals surface area contributed by atoms with Crippen molar-refractivity contribution >= 4 is 49.8 Å². The Morgan fingerprint density at radius 2 is 1.97 bits per heavy atom. The van der Waals surface area contributed by atoms with Gasteiger partial charge in [0.2, 0.25) is 5.91 Å². The maximum atomic E-state index is 13.3. The summed E-state index contributed by atoms with van der Waals surface area (Å²) in [6, 6.07) is 9.08. The number of carbonyl (C=O) groups is 2. The number of benzene rings is 1. The highest BCUT2D eigenvalue weighted by Crippen LogP contribution is 2.42. The minimum absolute atomic E-state index is 0.0276. The third-order valence-electron chi connectivity index (χ3n) is 7.59. The summed E-state index contributed by atoms with van der Waals surface area (Å²) in [5.41, 5.74) is 2.50. The number of piperazine rings is 1. The van der Waals surface area contributed by atoms with Crippen LogP contribution in [0.3, 0.4) is 0 Å². The van der Waals surface area contributed by atoms with Gasteiger partial charge in [0.25, 0.3) is 5.91 Å². The van der Waals surface area contributed by atoms with Gasteiger partial charge in [-0.2, -0.15) is 0 Å². The SMILES string of the molecule is Cc1nc(Nc2cccc(N3CCNCC3=O)n2)sc1-c1cc2c(c(S(C)(=O)=O)c1)C(=O)N(C(C)C1CC1)C2. The van der Waals surface area contributed by atoms with Crippen LogP contribution in [0.25, 0.3) is 10.4 Å². The number of aromatic nitrogens is 2. The second-order valence-electron chi connectivity index (χ2n) is 10.5. The Hall–Kier alpha value is -3.35. The highest BCUT2D eigenvalue weighted by atomic mass is 32.2. The van der Waals surface area contributed by atoms with E-state index in [9.17, 15) is 18.0 Å². The van der Waals surface area contributed by atoms with Crippen molar-refractivity contribution in [1.29, 1.82) is 0 Å². The van der Waals surface area contributed by atoms with E-state index in [2.05, 4.69) is 27.5 Å². The molecule has 2 N–H and O–H groups in total. The van der Waals surface area contributed by atoms with Gasteiger partial charge in [0.15, 0.2) is 15.0 Å². The minimum Gasteiger partial charge on any atom is -0.331 e. The van der Waals surface area contributed by atoms with Gasteiger partial charge < -0.3 is 15.5 Å². The summed E-state index contributed by atoms with van der Waals surface area (Å²) in [5.74, 6) is 1.39. The maximum Gasteiger partial charge on any atom is 0.256 e. The first kappa shape index (κ1) is 25.9. The molecule has 39 heavy (non-hydrogen) atoms. The van der Waals surface area contributed by atoms with Crippen LogP contribution in [0.2, 0.25) is 0 Å². The molecule has 0 radical (unpaired) electrons. The number of hydrogen-bond acceptors (Lipinski definition) is 9. The summed E-state index contributed by atoms with van der Waals surface area (Å²) < 4.78 is 25.7. The number of carbonyl (C=O) groups excluding carboxylic acids is 2. The van der Waals surface area contributed by atoms with Gasteiger partial charge in [-0.3, -0.25) is 14.5 Å². The normalized spacial score (nSPS) is 18.4. The van der Waals surface area contributed by atoms with Crippen molar-refractivity contribution in [3.8, 4) is 10.4 Å². The van der Waals surface area contributed by atoms with Crippen molar-refractivity contribution in [3.63, 3.8) is 0 Å². The van der Waals surface area contributed by atoms with Crippen LogP contribution in [-0.2, 0) is 21.2 Å². The Balaban J connectivity index is 1.31. The smallest absolute Gasteiger partial charge is 0.256 e. The molecule has 1 aliphatic carbocycles. The molecule has 2 aliphatic heterocycles. The number of fused-ring (bicyclic) bond motifs is 1. The fraction of sp³-hybridized carbons (Fsp3) is 0.407. The molecule has 12 heteroatoms. The molecule has 4 heterocycles. The summed E-state index contributed by atoms with van der Waals surface area (Å²) in [6.07, 6.45) is 3.36. The van der Waals surface area contributed by atoms with Crippen LogP contribution in [0.1, 0.15) is 41.4 Å². The zero-order valence-corrected chi connectivity index (χ0v) is 23.7. The van der Waals surface area contributed by atoms with Gasteiger partial charge in [-0.25, -0.2) is 18.4 Å². The quantitative estimate of drug-likeness (QED) is 0.446. The van der Waals surface area contributed by atoms with Gasteiger partial charge in [0.1, 0.15) is 11.6 Å². The highest BCUT2D eigenvalue weighted by molar-refractivity contribution is 7.90. The van der Waals surface area contributed by atoms with Crippen molar-refractivity contribution in [2.75, 3.05) is 36.1 Å². The number of rotatable bonds is 7. The number of pyridine rings is 1. The summed E-state index contributed by atoms with van der Waals surface area (Å²) in [6.45, 7) is 5.88. The molecule has 6 rings (SSSR count). The van der Waals surface area contributed by atoms with Crippen molar-refractivity contribution in [2.45, 2.75) is 44.2 Å². The summed E-state index contributed by atoms with van der Waals surface area (Å²) in [4.78, 5) is 39.3. The fourth-order valence-electron chi connectivity index (χ4n) is 5.34. The summed E-state index contributed by atoms with van der Waals surface area (Å²) in [7, 11) is -3.65. The first-order chi connectivity index (χ1) is 18.6. The van der Waals surface area contributed by atoms with Crippen LogP contribution < -0.4 is 15.5 Å². The zero-order valence-electron chi connectivity index (χ0n) is 22.0. The second-order valence-corrected chi connectivity index (χ2v) is 13.4. The Bertz CT molecular complexity index is 1600. The molecule has 3 aliphatic rings. The lowest BCUT2D eigenvalue weighted by Crippen LogP contribution is -2.48. The molecule has 2 fully saturated rings. The third-order valence-corrected chi connectivity index (χ3v) is 9.83. The van der Waals surface area contributed by atoms with E-state index in [0.29, 0.717) is 47.9 Å². The van der Waals surface area contributed by atoms with E-state index >= 15 is 0 Å². The van der Waals surface area contributed by atoms with Crippen molar-refractivity contribution < 1.29 is 18.0 Å². The molecule has 0 spiro atoms. The first-order valence-corrected chi connectivity index (χ1v) is 15.7. The van der Waals surface area contributed by atoms with E-state index in [4.69, 9.17) is 0 Å². The molecule has 3 aromatic rings. The number of nitrogens with one attached hydrogen (secondary N) is 2. The average molecular weight is 567 g/mol. The molecular formula is C27H30N6O4S2. The topological polar surface area (TPSA) is 125 Å². The van der Waals surface area contributed by atoms with Gasteiger partial charge in [0, 0.05) is 31.9 Å². The van der Waals surface area contributed by atoms with Crippen molar-refractivity contribution in [1.82, 2.24) is 20.2 Å². The number of hydrogen-bond donors (Lipinski definition) is 2. The predicted octanol–water partition coefficient (Wildman–Crippen LogP) is 3.35. The van der Waals surface area contributed by atoms with E-state index in [1.807, 2.05) is 30.0 Å². The molecule has 0 bridgehead atoms. The average Bonchev–Trinajstić information content (AvgIpc) is 3.61. The van der Waals surface area contributed by atoms with Gasteiger partial charge in [-0.1, -0.05) is 17.4 Å². The lowest BCUT2D eigenvalue weighted by atomic mass is 10.0. The Labute approximate surface area is 231 Å². The lowest BCUT2D eigenvalue weighted by molar-refractivity contribution is -0.118. The van der Waals surface area contributed by atoms with Crippen LogP contribution in [0.4, 0.5) is 16.8 Å². The Morgan fingerprint density at radius 1 is 1.18 bits per heavy atom. The Kier molecular flexibility index (Phi) is 6.43. The monoisotopic (exact) mass is 566 g/mol. The molecule has 1 unspecified atom stereocenters. The molecule has 2 amide bonds. The van der Waals surface area contributed by atoms with Gasteiger partial charge >= 0.3 is 0 Å². The van der Waals surface area contributed by atoms with E-state index in [1.165, 1.54) is 11.3 Å². The van der Waals surface area contributed by atoms with Gasteiger partial charge in [0.05, 0.1) is 27.6 Å². The number of aryl methyl sites for hydroxylation is 1. The summed E-state index contributed by atoms with van der Waals surface area (Å²) in [5, 5.41) is 6.89. The standard InChI is InChI=1S/C27H30N6O4S2/c1-15-25(38-27(29-15)31-21-5-4-6-22(30-21)32-10-9-28-13-23(32)34)18-11-19-14-33(16(2)17-7-8-17)26(35)24(19)20(12-18)39(3,36)37/h4-6,11-12,16-17,28H,7-10,13-14H2,1-3H3,(H,29,30,31). The van der Waals surface area contributed by atoms with Gasteiger partial charge in [-0.15, -0.1) is 0 Å². The fourth-order valence-corrected chi connectivity index (χ4v) is 7.24. The van der Waals surface area contributed by atoms with Crippen LogP contribution in [0.5, 0.6) is 0 Å². The largest absolute Gasteiger partial charge is 0.331 e. The molecule has 204 valence electrons. The van der Waals surface area contributed by atoms with Gasteiger partial charge in [-0.05, 0) is 68.0 Å². The van der Waals surface area contributed by atoms with E-state index < -0.39 is 9.84 Å². The van der Waals surface area contributed by atoms with Crippen molar-refractivity contribution in [2.24, 2.45) is 5.92 Å². The van der Waals surface area contributed by atoms with E-state index in [1.54, 1.807) is 17.0 Å². The van der Waals surface area contributed by atoms with E-state index in [0.717, 1.165) is 40.8 Å². The number of thiazole rings is 1. The summed E-state index contributed by atoms with van der Waals surface area (Å²) >= 11 is 1.39. The zero-order chi connectivity index (χ0) is 27.5. The number of amides is 2. The number of anilines is 3. The highest BCUT2D eigenvalue weighted by Gasteiger charge is 2.41. The predicted molar refractivity (Wildman–Crippen MR) is 150 cm³/mol. The molecule has 1 saturated heterocycles. The Morgan fingerprint density at radius 3 is 2.69 bits per heavy atom. The third kappa shape index (κ3) is 4.92. The van der Waals surface area contributed by atoms with Crippen LogP contribution in [-0.4, -0.2) is 67.0 Å². The molecule has 1 atom stereocenters. The second kappa shape index (κ2) is 9.68. The van der Waals surface area contributed by atoms with E-state index in [-0.39, 0.29) is 29.3 Å². The molecule has 1 aromatic carbocycles. The molecule has 10 nitrogen and oxygen atoms in total. The van der Waals surface area contributed by atoms with Crippen LogP contribution in [0.15, 0.2) is 35.2 Å². The number of sulfone groups is 1. The lowest BCUT2D eigenvalue weighted by Gasteiger charge is -2.26. The molecule has 2 aromatic heterocycles. The minimum atomic E-state index is -3.65. The molecule has 1 saturated carbocycles. The molecular weight excluding hydrogens is 536 g/mol. The van der Waals surface area contributed by atoms with Crippen molar-refractivity contribution in [3.05, 3.63) is 47.2 Å². The maximum absolute atomic E-state index is 13.3. The van der Waals surface area contributed by atoms with Crippen LogP contribution in [0, 0.1) is 12.8 Å². The van der Waals surface area contributed by atoms with Crippen LogP contribution >= 0.6 is 11.3 Å².